The van der Waals surface area contributed by atoms with Gasteiger partial charge in [-0.2, -0.15) is 0 Å². The normalized spacial score (nSPS) is 19.2. The van der Waals surface area contributed by atoms with Crippen molar-refractivity contribution in [1.29, 1.82) is 0 Å². The fourth-order valence-corrected chi connectivity index (χ4v) is 2.52. The summed E-state index contributed by atoms with van der Waals surface area (Å²) in [4.78, 5) is 0. The van der Waals surface area contributed by atoms with E-state index >= 15 is 0 Å². The van der Waals surface area contributed by atoms with Crippen LogP contribution in [0.15, 0.2) is 42.5 Å². The Kier molecular flexibility index (Phi) is 2.44. The summed E-state index contributed by atoms with van der Waals surface area (Å²) in [5, 5.41) is 2.67. The van der Waals surface area contributed by atoms with E-state index in [9.17, 15) is 0 Å². The molecule has 0 heterocycles. The number of rotatable bonds is 3. The van der Waals surface area contributed by atoms with Gasteiger partial charge in [-0.05, 0) is 41.0 Å². The molecule has 1 aliphatic carbocycles. The monoisotopic (exact) mass is 225 g/mol. The van der Waals surface area contributed by atoms with E-state index in [1.54, 1.807) is 0 Å². The number of hydrogen-bond acceptors (Lipinski definition) is 1. The van der Waals surface area contributed by atoms with Crippen LogP contribution in [0.5, 0.6) is 0 Å². The lowest BCUT2D eigenvalue weighted by atomic mass is 9.91. The molecule has 1 saturated carbocycles. The molecule has 0 bridgehead atoms. The summed E-state index contributed by atoms with van der Waals surface area (Å²) >= 11 is 0. The van der Waals surface area contributed by atoms with Crippen LogP contribution in [-0.2, 0) is 6.42 Å². The van der Waals surface area contributed by atoms with E-state index in [-0.39, 0.29) is 0 Å². The van der Waals surface area contributed by atoms with Gasteiger partial charge >= 0.3 is 0 Å². The molecule has 0 saturated heterocycles. The van der Waals surface area contributed by atoms with Crippen LogP contribution in [0.2, 0.25) is 0 Å². The van der Waals surface area contributed by atoms with Crippen LogP contribution in [0.25, 0.3) is 10.8 Å². The summed E-state index contributed by atoms with van der Waals surface area (Å²) in [6.07, 6.45) is 3.58. The third-order valence-corrected chi connectivity index (χ3v) is 4.25. The van der Waals surface area contributed by atoms with Crippen molar-refractivity contribution in [3.8, 4) is 0 Å². The van der Waals surface area contributed by atoms with Gasteiger partial charge in [0.1, 0.15) is 0 Å². The van der Waals surface area contributed by atoms with E-state index in [1.165, 1.54) is 29.2 Å². The van der Waals surface area contributed by atoms with Gasteiger partial charge in [0, 0.05) is 6.04 Å². The van der Waals surface area contributed by atoms with Crippen molar-refractivity contribution in [2.75, 3.05) is 0 Å². The number of fused-ring (bicyclic) bond motifs is 1. The van der Waals surface area contributed by atoms with Crippen LogP contribution in [0.3, 0.4) is 0 Å². The van der Waals surface area contributed by atoms with Crippen LogP contribution in [0, 0.1) is 5.41 Å². The summed E-state index contributed by atoms with van der Waals surface area (Å²) in [7, 11) is 0. The largest absolute Gasteiger partial charge is 0.327 e. The molecule has 1 aliphatic rings. The lowest BCUT2D eigenvalue weighted by Gasteiger charge is -2.19. The summed E-state index contributed by atoms with van der Waals surface area (Å²) in [6.45, 7) is 2.31. The second kappa shape index (κ2) is 3.85. The molecule has 2 aromatic carbocycles. The first-order valence-corrected chi connectivity index (χ1v) is 6.41. The molecule has 0 radical (unpaired) electrons. The first-order valence-electron chi connectivity index (χ1n) is 6.41. The second-order valence-corrected chi connectivity index (χ2v) is 5.60. The lowest BCUT2D eigenvalue weighted by molar-refractivity contribution is 0.434. The quantitative estimate of drug-likeness (QED) is 0.850. The topological polar surface area (TPSA) is 26.0 Å². The van der Waals surface area contributed by atoms with Gasteiger partial charge in [-0.25, -0.2) is 0 Å². The summed E-state index contributed by atoms with van der Waals surface area (Å²) in [5.74, 6) is 0. The fourth-order valence-electron chi connectivity index (χ4n) is 2.52. The van der Waals surface area contributed by atoms with Crippen LogP contribution in [0.1, 0.15) is 25.3 Å². The van der Waals surface area contributed by atoms with Gasteiger partial charge in [0.25, 0.3) is 0 Å². The van der Waals surface area contributed by atoms with Crippen molar-refractivity contribution in [1.82, 2.24) is 0 Å². The molecule has 1 heteroatoms. The maximum atomic E-state index is 6.34. The fraction of sp³-hybridized carbons (Fsp3) is 0.375. The Hall–Kier alpha value is -1.34. The van der Waals surface area contributed by atoms with Gasteiger partial charge in [-0.3, -0.25) is 0 Å². The molecule has 1 atom stereocenters. The van der Waals surface area contributed by atoms with Crippen molar-refractivity contribution >= 4 is 10.8 Å². The average molecular weight is 225 g/mol. The van der Waals surface area contributed by atoms with Gasteiger partial charge < -0.3 is 5.73 Å². The zero-order valence-electron chi connectivity index (χ0n) is 10.3. The molecule has 17 heavy (non-hydrogen) atoms. The minimum atomic E-state index is 0.299. The third kappa shape index (κ3) is 1.96. The molecule has 1 unspecified atom stereocenters. The van der Waals surface area contributed by atoms with E-state index in [4.69, 9.17) is 5.73 Å². The first kappa shape index (κ1) is 10.8. The van der Waals surface area contributed by atoms with Gasteiger partial charge in [-0.15, -0.1) is 0 Å². The predicted molar refractivity (Wildman–Crippen MR) is 73.0 cm³/mol. The summed E-state index contributed by atoms with van der Waals surface area (Å²) in [6, 6.07) is 15.4. The Balaban J connectivity index is 1.94. The molecule has 0 spiro atoms. The van der Waals surface area contributed by atoms with Gasteiger partial charge in [-0.1, -0.05) is 49.4 Å². The minimum absolute atomic E-state index is 0.299. The molecule has 2 N–H and O–H groups in total. The molecule has 1 nitrogen and oxygen atoms in total. The highest BCUT2D eigenvalue weighted by Gasteiger charge is 2.42. The van der Waals surface area contributed by atoms with Gasteiger partial charge in [0.2, 0.25) is 0 Å². The molecule has 2 aromatic rings. The molecule has 0 amide bonds. The highest BCUT2D eigenvalue weighted by molar-refractivity contribution is 5.85. The van der Waals surface area contributed by atoms with E-state index in [1.807, 2.05) is 0 Å². The Morgan fingerprint density at radius 1 is 1.12 bits per heavy atom. The van der Waals surface area contributed by atoms with E-state index in [0.717, 1.165) is 6.42 Å². The Labute approximate surface area is 103 Å². The molecule has 88 valence electrons. The van der Waals surface area contributed by atoms with Crippen LogP contribution >= 0.6 is 0 Å². The molecule has 0 aliphatic heterocycles. The molecule has 3 rings (SSSR count). The third-order valence-electron chi connectivity index (χ3n) is 4.25. The maximum absolute atomic E-state index is 6.34. The summed E-state index contributed by atoms with van der Waals surface area (Å²) in [5.41, 5.74) is 8.13. The molecule has 1 fully saturated rings. The lowest BCUT2D eigenvalue weighted by Crippen LogP contribution is -2.31. The van der Waals surface area contributed by atoms with Gasteiger partial charge in [0.05, 0.1) is 0 Å². The SMILES string of the molecule is CC1(C(N)Cc2cccc3ccccc23)CC1. The zero-order valence-corrected chi connectivity index (χ0v) is 10.3. The predicted octanol–water partition coefficient (Wildman–Crippen LogP) is 3.51. The van der Waals surface area contributed by atoms with E-state index in [2.05, 4.69) is 49.4 Å². The van der Waals surface area contributed by atoms with Crippen LogP contribution in [-0.4, -0.2) is 6.04 Å². The maximum Gasteiger partial charge on any atom is 0.0134 e. The Morgan fingerprint density at radius 3 is 2.59 bits per heavy atom. The van der Waals surface area contributed by atoms with Crippen molar-refractivity contribution in [2.45, 2.75) is 32.2 Å². The highest BCUT2D eigenvalue weighted by atomic mass is 14.7. The molecule has 0 aromatic heterocycles. The van der Waals surface area contributed by atoms with Crippen molar-refractivity contribution < 1.29 is 0 Å². The van der Waals surface area contributed by atoms with Crippen molar-refractivity contribution in [2.24, 2.45) is 11.1 Å². The molecular formula is C16H19N. The summed E-state index contributed by atoms with van der Waals surface area (Å²) < 4.78 is 0. The van der Waals surface area contributed by atoms with Crippen LogP contribution in [0.4, 0.5) is 0 Å². The molecular weight excluding hydrogens is 206 g/mol. The minimum Gasteiger partial charge on any atom is -0.327 e. The van der Waals surface area contributed by atoms with Crippen molar-refractivity contribution in [3.05, 3.63) is 48.0 Å². The van der Waals surface area contributed by atoms with E-state index < -0.39 is 0 Å². The number of hydrogen-bond donors (Lipinski definition) is 1. The Morgan fingerprint density at radius 2 is 1.82 bits per heavy atom. The van der Waals surface area contributed by atoms with E-state index in [0.29, 0.717) is 11.5 Å². The first-order chi connectivity index (χ1) is 8.19. The second-order valence-electron chi connectivity index (χ2n) is 5.60. The number of benzene rings is 2. The number of nitrogens with two attached hydrogens (primary N) is 1. The average Bonchev–Trinajstić information content (AvgIpc) is 3.09. The standard InChI is InChI=1S/C16H19N/c1-16(9-10-16)15(17)11-13-7-4-6-12-5-2-3-8-14(12)13/h2-8,15H,9-11,17H2,1H3. The zero-order chi connectivity index (χ0) is 11.9. The van der Waals surface area contributed by atoms with Crippen molar-refractivity contribution in [3.63, 3.8) is 0 Å². The smallest absolute Gasteiger partial charge is 0.0134 e. The Bertz CT molecular complexity index is 535. The van der Waals surface area contributed by atoms with Crippen LogP contribution < -0.4 is 5.73 Å². The highest BCUT2D eigenvalue weighted by Crippen LogP contribution is 2.48. The van der Waals surface area contributed by atoms with Gasteiger partial charge in [0.15, 0.2) is 0 Å².